The molecule has 0 unspecified atom stereocenters. The van der Waals surface area contributed by atoms with Crippen LogP contribution in [0.3, 0.4) is 0 Å². The van der Waals surface area contributed by atoms with Crippen LogP contribution in [0.4, 0.5) is 0 Å². The average molecular weight is 373 g/mol. The fourth-order valence-corrected chi connectivity index (χ4v) is 3.23. The third-order valence-electron chi connectivity index (χ3n) is 4.05. The molecule has 0 aromatic heterocycles. The zero-order chi connectivity index (χ0) is 13.7. The lowest BCUT2D eigenvalue weighted by Crippen LogP contribution is -2.42. The normalized spacial score (nSPS) is 27.4. The molecule has 3 heteroatoms. The van der Waals surface area contributed by atoms with E-state index in [2.05, 4.69) is 59.1 Å². The molecule has 0 saturated heterocycles. The summed E-state index contributed by atoms with van der Waals surface area (Å²) in [4.78, 5) is 0. The molecule has 0 amide bonds. The van der Waals surface area contributed by atoms with Gasteiger partial charge in [-0.1, -0.05) is 19.1 Å². The van der Waals surface area contributed by atoms with Crippen LogP contribution < -0.4 is 5.32 Å². The maximum atomic E-state index is 10.7. The van der Waals surface area contributed by atoms with E-state index in [4.69, 9.17) is 0 Å². The second kappa shape index (κ2) is 7.04. The molecule has 1 saturated carbocycles. The standard InChI is InChI=1S/C16H24INO/c1-2-11-18-15-7-9-16(19,10-8-15)12-13-3-5-14(17)6-4-13/h3-6,15,18-19H,2,7-12H2,1H3. The van der Waals surface area contributed by atoms with Crippen molar-refractivity contribution in [3.8, 4) is 0 Å². The summed E-state index contributed by atoms with van der Waals surface area (Å²) in [5, 5.41) is 14.3. The van der Waals surface area contributed by atoms with Gasteiger partial charge >= 0.3 is 0 Å². The van der Waals surface area contributed by atoms with Crippen LogP contribution in [0, 0.1) is 3.57 Å². The monoisotopic (exact) mass is 373 g/mol. The topological polar surface area (TPSA) is 32.3 Å². The molecule has 1 aliphatic rings. The lowest BCUT2D eigenvalue weighted by Gasteiger charge is -2.36. The van der Waals surface area contributed by atoms with Gasteiger partial charge in [-0.25, -0.2) is 0 Å². The van der Waals surface area contributed by atoms with Crippen LogP contribution in [0.1, 0.15) is 44.6 Å². The summed E-state index contributed by atoms with van der Waals surface area (Å²) in [7, 11) is 0. The van der Waals surface area contributed by atoms with E-state index in [-0.39, 0.29) is 0 Å². The minimum Gasteiger partial charge on any atom is -0.390 e. The molecule has 0 atom stereocenters. The smallest absolute Gasteiger partial charge is 0.0689 e. The number of hydrogen-bond donors (Lipinski definition) is 2. The highest BCUT2D eigenvalue weighted by Crippen LogP contribution is 2.31. The predicted octanol–water partition coefficient (Wildman–Crippen LogP) is 3.51. The maximum absolute atomic E-state index is 10.7. The van der Waals surface area contributed by atoms with Crippen molar-refractivity contribution < 1.29 is 5.11 Å². The van der Waals surface area contributed by atoms with Crippen molar-refractivity contribution in [2.24, 2.45) is 0 Å². The highest BCUT2D eigenvalue weighted by atomic mass is 127. The van der Waals surface area contributed by atoms with Crippen molar-refractivity contribution in [1.82, 2.24) is 5.32 Å². The van der Waals surface area contributed by atoms with Crippen LogP contribution in [-0.4, -0.2) is 23.3 Å². The maximum Gasteiger partial charge on any atom is 0.0689 e. The molecule has 1 aliphatic carbocycles. The molecule has 0 aliphatic heterocycles. The Hall–Kier alpha value is -0.130. The van der Waals surface area contributed by atoms with Crippen LogP contribution in [0.5, 0.6) is 0 Å². The van der Waals surface area contributed by atoms with Gasteiger partial charge in [0.05, 0.1) is 5.60 Å². The van der Waals surface area contributed by atoms with E-state index in [0.29, 0.717) is 6.04 Å². The Morgan fingerprint density at radius 2 is 1.89 bits per heavy atom. The van der Waals surface area contributed by atoms with E-state index in [9.17, 15) is 5.11 Å². The number of aliphatic hydroxyl groups is 1. The van der Waals surface area contributed by atoms with Crippen molar-refractivity contribution in [2.75, 3.05) is 6.54 Å². The molecule has 0 radical (unpaired) electrons. The Morgan fingerprint density at radius 3 is 2.47 bits per heavy atom. The molecule has 0 heterocycles. The zero-order valence-corrected chi connectivity index (χ0v) is 13.8. The van der Waals surface area contributed by atoms with Crippen molar-refractivity contribution in [3.05, 3.63) is 33.4 Å². The molecule has 1 aromatic carbocycles. The Kier molecular flexibility index (Phi) is 5.66. The van der Waals surface area contributed by atoms with Crippen molar-refractivity contribution in [1.29, 1.82) is 0 Å². The van der Waals surface area contributed by atoms with Crippen molar-refractivity contribution >= 4 is 22.6 Å². The lowest BCUT2D eigenvalue weighted by molar-refractivity contribution is -0.00306. The van der Waals surface area contributed by atoms with Gasteiger partial charge in [0.25, 0.3) is 0 Å². The summed E-state index contributed by atoms with van der Waals surface area (Å²) in [6.07, 6.45) is 6.01. The molecular weight excluding hydrogens is 349 g/mol. The molecule has 0 bridgehead atoms. The quantitative estimate of drug-likeness (QED) is 0.775. The fraction of sp³-hybridized carbons (Fsp3) is 0.625. The first-order valence-corrected chi connectivity index (χ1v) is 8.39. The summed E-state index contributed by atoms with van der Waals surface area (Å²) in [6, 6.07) is 9.13. The summed E-state index contributed by atoms with van der Waals surface area (Å²) in [5.74, 6) is 0. The Bertz CT molecular complexity index is 382. The molecule has 19 heavy (non-hydrogen) atoms. The number of rotatable bonds is 5. The van der Waals surface area contributed by atoms with Gasteiger partial charge in [0.2, 0.25) is 0 Å². The van der Waals surface area contributed by atoms with Gasteiger partial charge < -0.3 is 10.4 Å². The van der Waals surface area contributed by atoms with Crippen LogP contribution in [-0.2, 0) is 6.42 Å². The highest BCUT2D eigenvalue weighted by molar-refractivity contribution is 14.1. The van der Waals surface area contributed by atoms with Gasteiger partial charge in [0, 0.05) is 16.0 Å². The Labute approximate surface area is 130 Å². The van der Waals surface area contributed by atoms with Gasteiger partial charge in [-0.2, -0.15) is 0 Å². The predicted molar refractivity (Wildman–Crippen MR) is 88.4 cm³/mol. The highest BCUT2D eigenvalue weighted by Gasteiger charge is 2.32. The minimum atomic E-state index is -0.489. The molecule has 2 rings (SSSR count). The van der Waals surface area contributed by atoms with Crippen molar-refractivity contribution in [3.63, 3.8) is 0 Å². The summed E-state index contributed by atoms with van der Waals surface area (Å²) in [6.45, 7) is 3.29. The summed E-state index contributed by atoms with van der Waals surface area (Å²) in [5.41, 5.74) is 0.764. The summed E-state index contributed by atoms with van der Waals surface area (Å²) < 4.78 is 1.25. The summed E-state index contributed by atoms with van der Waals surface area (Å²) >= 11 is 2.32. The van der Waals surface area contributed by atoms with E-state index in [0.717, 1.165) is 38.6 Å². The van der Waals surface area contributed by atoms with Gasteiger partial charge in [-0.15, -0.1) is 0 Å². The number of halogens is 1. The average Bonchev–Trinajstić information content (AvgIpc) is 2.41. The molecule has 2 N–H and O–H groups in total. The molecule has 0 spiro atoms. The largest absolute Gasteiger partial charge is 0.390 e. The lowest BCUT2D eigenvalue weighted by atomic mass is 9.78. The SMILES string of the molecule is CCCNC1CCC(O)(Cc2ccc(I)cc2)CC1. The van der Waals surface area contributed by atoms with E-state index >= 15 is 0 Å². The van der Waals surface area contributed by atoms with Crippen molar-refractivity contribution in [2.45, 2.75) is 57.1 Å². The third kappa shape index (κ3) is 4.72. The zero-order valence-electron chi connectivity index (χ0n) is 11.7. The van der Waals surface area contributed by atoms with Gasteiger partial charge in [0.1, 0.15) is 0 Å². The van der Waals surface area contributed by atoms with Crippen LogP contribution in [0.25, 0.3) is 0 Å². The van der Waals surface area contributed by atoms with E-state index in [1.807, 2.05) is 0 Å². The van der Waals surface area contributed by atoms with Gasteiger partial charge in [-0.3, -0.25) is 0 Å². The van der Waals surface area contributed by atoms with Gasteiger partial charge in [0.15, 0.2) is 0 Å². The second-order valence-corrected chi connectivity index (χ2v) is 7.00. The number of nitrogens with one attached hydrogen (secondary N) is 1. The molecular formula is C16H24INO. The first kappa shape index (κ1) is 15.3. The number of benzene rings is 1. The first-order valence-electron chi connectivity index (χ1n) is 7.31. The second-order valence-electron chi connectivity index (χ2n) is 5.76. The van der Waals surface area contributed by atoms with E-state index in [1.54, 1.807) is 0 Å². The minimum absolute atomic E-state index is 0.489. The van der Waals surface area contributed by atoms with Crippen LogP contribution >= 0.6 is 22.6 Å². The molecule has 1 fully saturated rings. The first-order chi connectivity index (χ1) is 9.11. The third-order valence-corrected chi connectivity index (χ3v) is 4.76. The fourth-order valence-electron chi connectivity index (χ4n) is 2.87. The Morgan fingerprint density at radius 1 is 1.26 bits per heavy atom. The molecule has 106 valence electrons. The number of hydrogen-bond acceptors (Lipinski definition) is 2. The Balaban J connectivity index is 1.85. The van der Waals surface area contributed by atoms with Crippen LogP contribution in [0.2, 0.25) is 0 Å². The van der Waals surface area contributed by atoms with E-state index in [1.165, 1.54) is 15.6 Å². The molecule has 1 aromatic rings. The molecule has 2 nitrogen and oxygen atoms in total. The van der Waals surface area contributed by atoms with Crippen LogP contribution in [0.15, 0.2) is 24.3 Å². The van der Waals surface area contributed by atoms with Gasteiger partial charge in [-0.05, 0) is 78.9 Å². The van der Waals surface area contributed by atoms with E-state index < -0.39 is 5.60 Å².